The average molecular weight is 711 g/mol. The molecule has 0 aliphatic heterocycles. The lowest BCUT2D eigenvalue weighted by Crippen LogP contribution is -1.94. The van der Waals surface area contributed by atoms with E-state index in [2.05, 4.69) is 166 Å². The SMILES string of the molecule is [C-]#[N+]c1cncc(-c2ccc(-c3c4ccccc4c(-c4c5ccccc5c(-c5ccc(-c6cncc(C#N)c6)cc5)c5ccccc45)c4ccccc34)cc2)c1. The summed E-state index contributed by atoms with van der Waals surface area (Å²) in [6.45, 7) is 7.44. The van der Waals surface area contributed by atoms with Crippen molar-refractivity contribution in [1.29, 1.82) is 5.26 Å². The van der Waals surface area contributed by atoms with Crippen LogP contribution >= 0.6 is 0 Å². The number of pyridine rings is 2. The van der Waals surface area contributed by atoms with E-state index in [0.29, 0.717) is 11.3 Å². The van der Waals surface area contributed by atoms with Crippen molar-refractivity contribution in [3.63, 3.8) is 0 Å². The van der Waals surface area contributed by atoms with Crippen LogP contribution in [0, 0.1) is 17.9 Å². The quantitative estimate of drug-likeness (QED) is 0.132. The highest BCUT2D eigenvalue weighted by Gasteiger charge is 2.22. The molecule has 0 aliphatic rings. The van der Waals surface area contributed by atoms with Crippen LogP contribution in [0.5, 0.6) is 0 Å². The zero-order valence-electron chi connectivity index (χ0n) is 30.1. The highest BCUT2D eigenvalue weighted by Crippen LogP contribution is 2.50. The van der Waals surface area contributed by atoms with E-state index in [1.165, 1.54) is 65.3 Å². The van der Waals surface area contributed by atoms with Gasteiger partial charge in [0.05, 0.1) is 12.1 Å². The number of nitrogens with zero attached hydrogens (tertiary/aromatic N) is 4. The van der Waals surface area contributed by atoms with E-state index in [1.54, 1.807) is 18.6 Å². The van der Waals surface area contributed by atoms with E-state index in [-0.39, 0.29) is 0 Å². The molecule has 258 valence electrons. The van der Waals surface area contributed by atoms with E-state index in [0.717, 1.165) is 33.4 Å². The normalized spacial score (nSPS) is 11.2. The third kappa shape index (κ3) is 5.37. The zero-order valence-corrected chi connectivity index (χ0v) is 30.1. The summed E-state index contributed by atoms with van der Waals surface area (Å²) in [5, 5.41) is 19.0. The first kappa shape index (κ1) is 32.7. The maximum atomic E-state index is 9.45. The summed E-state index contributed by atoms with van der Waals surface area (Å²) < 4.78 is 0. The topological polar surface area (TPSA) is 53.9 Å². The maximum absolute atomic E-state index is 9.45. The summed E-state index contributed by atoms with van der Waals surface area (Å²) in [7, 11) is 0. The first-order valence-corrected chi connectivity index (χ1v) is 18.5. The highest BCUT2D eigenvalue weighted by molar-refractivity contribution is 6.30. The molecule has 0 unspecified atom stereocenters. The summed E-state index contributed by atoms with van der Waals surface area (Å²) in [5.74, 6) is 0. The van der Waals surface area contributed by atoms with Gasteiger partial charge in [-0.1, -0.05) is 146 Å². The van der Waals surface area contributed by atoms with Crippen LogP contribution in [0.15, 0.2) is 183 Å². The van der Waals surface area contributed by atoms with E-state index in [9.17, 15) is 5.26 Å². The molecule has 8 aromatic carbocycles. The van der Waals surface area contributed by atoms with Gasteiger partial charge in [-0.3, -0.25) is 9.97 Å². The Labute approximate surface area is 324 Å². The van der Waals surface area contributed by atoms with Gasteiger partial charge in [0.2, 0.25) is 5.69 Å². The molecule has 0 amide bonds. The summed E-state index contributed by atoms with van der Waals surface area (Å²) >= 11 is 0. The van der Waals surface area contributed by atoms with Gasteiger partial charge in [0.25, 0.3) is 0 Å². The van der Waals surface area contributed by atoms with Gasteiger partial charge in [-0.15, -0.1) is 0 Å². The molecular formula is C52H30N4. The van der Waals surface area contributed by atoms with Crippen molar-refractivity contribution in [3.05, 3.63) is 199 Å². The zero-order chi connectivity index (χ0) is 37.6. The molecule has 10 aromatic rings. The minimum absolute atomic E-state index is 0.530. The minimum atomic E-state index is 0.530. The molecule has 0 atom stereocenters. The Hall–Kier alpha value is -7.92. The summed E-state index contributed by atoms with van der Waals surface area (Å²) in [6, 6.07) is 58.4. The Morgan fingerprint density at radius 3 is 1.09 bits per heavy atom. The van der Waals surface area contributed by atoms with Gasteiger partial charge in [-0.25, -0.2) is 4.85 Å². The molecule has 0 radical (unpaired) electrons. The Kier molecular flexibility index (Phi) is 7.88. The summed E-state index contributed by atoms with van der Waals surface area (Å²) in [4.78, 5) is 12.2. The molecule has 2 aromatic heterocycles. The monoisotopic (exact) mass is 710 g/mol. The van der Waals surface area contributed by atoms with Crippen LogP contribution in [0.3, 0.4) is 0 Å². The number of benzene rings is 8. The van der Waals surface area contributed by atoms with E-state index >= 15 is 0 Å². The molecule has 0 aliphatic carbocycles. The van der Waals surface area contributed by atoms with E-state index in [4.69, 9.17) is 6.57 Å². The lowest BCUT2D eigenvalue weighted by Gasteiger charge is -2.22. The Morgan fingerprint density at radius 1 is 0.375 bits per heavy atom. The van der Waals surface area contributed by atoms with E-state index < -0.39 is 0 Å². The van der Waals surface area contributed by atoms with Crippen LogP contribution < -0.4 is 0 Å². The molecule has 4 heteroatoms. The lowest BCUT2D eigenvalue weighted by atomic mass is 9.81. The standard InChI is InChI=1S/C52H30N4/c1-54-40-27-39(31-56-32-40)35-20-24-37(25-21-35)50-43-12-4-8-16-47(43)52(48-17-9-5-13-44(48)50)51-45-14-6-2-10-41(45)49(42-11-3-7-15-46(42)51)36-22-18-34(19-23-36)38-26-33(28-53)29-55-30-38/h2-27,29-32H. The van der Waals surface area contributed by atoms with Crippen molar-refractivity contribution in [3.8, 4) is 61.7 Å². The van der Waals surface area contributed by atoms with Crippen LogP contribution in [0.1, 0.15) is 5.56 Å². The fourth-order valence-corrected chi connectivity index (χ4v) is 8.38. The fraction of sp³-hybridized carbons (Fsp3) is 0. The van der Waals surface area contributed by atoms with Gasteiger partial charge in [-0.2, -0.15) is 5.26 Å². The second kappa shape index (κ2) is 13.5. The predicted octanol–water partition coefficient (Wildman–Crippen LogP) is 13.8. The number of aromatic nitrogens is 2. The van der Waals surface area contributed by atoms with Gasteiger partial charge in [0.15, 0.2) is 0 Å². The van der Waals surface area contributed by atoms with Crippen LogP contribution in [0.4, 0.5) is 5.69 Å². The molecule has 4 nitrogen and oxygen atoms in total. The van der Waals surface area contributed by atoms with Crippen LogP contribution in [0.25, 0.3) is 104 Å². The van der Waals surface area contributed by atoms with Crippen molar-refractivity contribution in [1.82, 2.24) is 9.97 Å². The molecule has 0 N–H and O–H groups in total. The minimum Gasteiger partial charge on any atom is -0.276 e. The second-order valence-corrected chi connectivity index (χ2v) is 14.0. The third-order valence-electron chi connectivity index (χ3n) is 10.8. The van der Waals surface area contributed by atoms with E-state index in [1.807, 2.05) is 18.3 Å². The van der Waals surface area contributed by atoms with Gasteiger partial charge >= 0.3 is 0 Å². The second-order valence-electron chi connectivity index (χ2n) is 14.0. The largest absolute Gasteiger partial charge is 0.276 e. The average Bonchev–Trinajstić information content (AvgIpc) is 3.28. The van der Waals surface area contributed by atoms with Gasteiger partial charge in [0.1, 0.15) is 6.07 Å². The Morgan fingerprint density at radius 2 is 0.714 bits per heavy atom. The molecular weight excluding hydrogens is 681 g/mol. The Bertz CT molecular complexity index is 2920. The molecule has 56 heavy (non-hydrogen) atoms. The molecule has 0 fully saturated rings. The van der Waals surface area contributed by atoms with Gasteiger partial charge < -0.3 is 0 Å². The molecule has 0 spiro atoms. The molecule has 2 heterocycles. The number of rotatable bonds is 5. The van der Waals surface area contributed by atoms with Crippen molar-refractivity contribution in [2.24, 2.45) is 0 Å². The molecule has 0 bridgehead atoms. The number of nitriles is 1. The number of fused-ring (bicyclic) bond motifs is 4. The number of hydrogen-bond donors (Lipinski definition) is 0. The maximum Gasteiger partial charge on any atom is 0.205 e. The molecule has 0 saturated heterocycles. The van der Waals surface area contributed by atoms with Crippen LogP contribution in [-0.2, 0) is 0 Å². The van der Waals surface area contributed by atoms with Crippen molar-refractivity contribution >= 4 is 48.8 Å². The molecule has 10 rings (SSSR count). The van der Waals surface area contributed by atoms with Crippen LogP contribution in [-0.4, -0.2) is 9.97 Å². The lowest BCUT2D eigenvalue weighted by molar-refractivity contribution is 1.30. The summed E-state index contributed by atoms with van der Waals surface area (Å²) in [6.07, 6.45) is 6.80. The van der Waals surface area contributed by atoms with Crippen molar-refractivity contribution < 1.29 is 0 Å². The van der Waals surface area contributed by atoms with Gasteiger partial charge in [0, 0.05) is 30.4 Å². The third-order valence-corrected chi connectivity index (χ3v) is 10.8. The fourth-order valence-electron chi connectivity index (χ4n) is 8.38. The van der Waals surface area contributed by atoms with Crippen molar-refractivity contribution in [2.45, 2.75) is 0 Å². The first-order valence-electron chi connectivity index (χ1n) is 18.5. The highest BCUT2D eigenvalue weighted by atomic mass is 14.7. The van der Waals surface area contributed by atoms with Crippen LogP contribution in [0.2, 0.25) is 0 Å². The van der Waals surface area contributed by atoms with Crippen molar-refractivity contribution in [2.75, 3.05) is 0 Å². The number of hydrogen-bond acceptors (Lipinski definition) is 3. The summed E-state index contributed by atoms with van der Waals surface area (Å²) in [5.41, 5.74) is 12.0. The predicted molar refractivity (Wildman–Crippen MR) is 230 cm³/mol. The smallest absolute Gasteiger partial charge is 0.205 e. The molecule has 0 saturated carbocycles. The first-order chi connectivity index (χ1) is 27.7. The van der Waals surface area contributed by atoms with Gasteiger partial charge in [-0.05, 0) is 105 Å². The Balaban J connectivity index is 1.21.